The van der Waals surface area contributed by atoms with Crippen molar-refractivity contribution < 1.29 is 0 Å². The highest BCUT2D eigenvalue weighted by Crippen LogP contribution is 2.18. The van der Waals surface area contributed by atoms with Crippen molar-refractivity contribution >= 4 is 5.69 Å². The largest absolute Gasteiger partial charge is 0.348 e. The topological polar surface area (TPSA) is 3.24 Å². The lowest BCUT2D eigenvalue weighted by atomic mass is 10.2. The van der Waals surface area contributed by atoms with Crippen LogP contribution >= 0.6 is 0 Å². The zero-order chi connectivity index (χ0) is 12.1. The van der Waals surface area contributed by atoms with Crippen LogP contribution in [0.5, 0.6) is 0 Å². The third-order valence-electron chi connectivity index (χ3n) is 2.84. The summed E-state index contributed by atoms with van der Waals surface area (Å²) in [6.07, 6.45) is 4.31. The van der Waals surface area contributed by atoms with Gasteiger partial charge < -0.3 is 4.90 Å². The Morgan fingerprint density at radius 1 is 1.12 bits per heavy atom. The Hall–Kier alpha value is -1.50. The van der Waals surface area contributed by atoms with Gasteiger partial charge in [0.05, 0.1) is 0 Å². The fraction of sp³-hybridized carbons (Fsp3) is 0.333. The molecule has 0 saturated heterocycles. The lowest BCUT2D eigenvalue weighted by molar-refractivity contribution is 1.08. The van der Waals surface area contributed by atoms with E-state index in [1.165, 1.54) is 22.5 Å². The van der Waals surface area contributed by atoms with E-state index >= 15 is 0 Å². The molecule has 0 atom stereocenters. The smallest absolute Gasteiger partial charge is 0.0405 e. The van der Waals surface area contributed by atoms with E-state index in [1.807, 2.05) is 0 Å². The third kappa shape index (κ3) is 3.27. The van der Waals surface area contributed by atoms with E-state index in [9.17, 15) is 0 Å². The van der Waals surface area contributed by atoms with Crippen molar-refractivity contribution in [2.24, 2.45) is 0 Å². The number of anilines is 1. The molecule has 1 heteroatoms. The second kappa shape index (κ2) is 5.55. The van der Waals surface area contributed by atoms with Gasteiger partial charge in [-0.2, -0.15) is 0 Å². The van der Waals surface area contributed by atoms with Crippen LogP contribution in [-0.4, -0.2) is 7.05 Å². The SMILES string of the molecule is C/C=C(C)/C=C(/C)N(C)c1ccc(C)cc1. The Balaban J connectivity index is 2.89. The van der Waals surface area contributed by atoms with Gasteiger partial charge in [-0.05, 0) is 45.9 Å². The van der Waals surface area contributed by atoms with Crippen LogP contribution in [0.2, 0.25) is 0 Å². The average molecular weight is 215 g/mol. The summed E-state index contributed by atoms with van der Waals surface area (Å²) in [5.41, 5.74) is 5.06. The van der Waals surface area contributed by atoms with E-state index in [2.05, 4.69) is 76.1 Å². The van der Waals surface area contributed by atoms with Crippen molar-refractivity contribution in [3.63, 3.8) is 0 Å². The summed E-state index contributed by atoms with van der Waals surface area (Å²) in [4.78, 5) is 2.20. The van der Waals surface area contributed by atoms with E-state index in [0.717, 1.165) is 0 Å². The summed E-state index contributed by atoms with van der Waals surface area (Å²) < 4.78 is 0. The minimum atomic E-state index is 1.23. The van der Waals surface area contributed by atoms with Crippen molar-refractivity contribution in [3.05, 3.63) is 53.3 Å². The molecule has 1 rings (SSSR count). The Kier molecular flexibility index (Phi) is 4.36. The Morgan fingerprint density at radius 3 is 2.19 bits per heavy atom. The summed E-state index contributed by atoms with van der Waals surface area (Å²) >= 11 is 0. The van der Waals surface area contributed by atoms with Crippen LogP contribution in [0.15, 0.2) is 47.7 Å². The van der Waals surface area contributed by atoms with Crippen LogP contribution in [0.25, 0.3) is 0 Å². The highest BCUT2D eigenvalue weighted by molar-refractivity contribution is 5.52. The van der Waals surface area contributed by atoms with Crippen LogP contribution in [0.3, 0.4) is 0 Å². The number of hydrogen-bond donors (Lipinski definition) is 0. The number of nitrogens with zero attached hydrogens (tertiary/aromatic N) is 1. The molecular formula is C15H21N. The van der Waals surface area contributed by atoms with Gasteiger partial charge in [-0.3, -0.25) is 0 Å². The molecule has 0 N–H and O–H groups in total. The minimum Gasteiger partial charge on any atom is -0.348 e. The molecule has 0 fully saturated rings. The quantitative estimate of drug-likeness (QED) is 0.679. The molecule has 0 aromatic heterocycles. The van der Waals surface area contributed by atoms with Crippen LogP contribution < -0.4 is 4.90 Å². The minimum absolute atomic E-state index is 1.23. The average Bonchev–Trinajstić information content (AvgIpc) is 2.28. The first-order chi connectivity index (χ1) is 7.54. The third-order valence-corrected chi connectivity index (χ3v) is 2.84. The summed E-state index contributed by atoms with van der Waals surface area (Å²) in [6.45, 7) is 8.42. The first kappa shape index (κ1) is 12.6. The molecule has 86 valence electrons. The van der Waals surface area contributed by atoms with E-state index < -0.39 is 0 Å². The molecule has 0 aliphatic carbocycles. The maximum absolute atomic E-state index is 2.20. The standard InChI is InChI=1S/C15H21N/c1-6-12(2)11-14(4)16(5)15-9-7-13(3)8-10-15/h6-11H,1-5H3/b12-6+,14-11-. The molecule has 1 aromatic carbocycles. The van der Waals surface area contributed by atoms with Crippen LogP contribution in [-0.2, 0) is 0 Å². The number of allylic oxidation sites excluding steroid dienone is 4. The first-order valence-electron chi connectivity index (χ1n) is 5.66. The summed E-state index contributed by atoms with van der Waals surface area (Å²) in [5, 5.41) is 0. The zero-order valence-electron chi connectivity index (χ0n) is 10.9. The molecule has 0 aliphatic heterocycles. The number of rotatable bonds is 3. The number of hydrogen-bond acceptors (Lipinski definition) is 1. The molecule has 0 saturated carbocycles. The lowest BCUT2D eigenvalue weighted by Crippen LogP contribution is -2.14. The molecule has 1 aromatic rings. The van der Waals surface area contributed by atoms with Crippen molar-refractivity contribution in [2.45, 2.75) is 27.7 Å². The van der Waals surface area contributed by atoms with Crippen LogP contribution in [0, 0.1) is 6.92 Å². The van der Waals surface area contributed by atoms with Gasteiger partial charge in [0, 0.05) is 18.4 Å². The van der Waals surface area contributed by atoms with Crippen molar-refractivity contribution in [1.82, 2.24) is 0 Å². The molecular weight excluding hydrogens is 194 g/mol. The Labute approximate surface area is 99.1 Å². The maximum Gasteiger partial charge on any atom is 0.0405 e. The second-order valence-electron chi connectivity index (χ2n) is 4.21. The van der Waals surface area contributed by atoms with Gasteiger partial charge in [0.25, 0.3) is 0 Å². The van der Waals surface area contributed by atoms with Gasteiger partial charge in [0.2, 0.25) is 0 Å². The normalized spacial score (nSPS) is 12.8. The first-order valence-corrected chi connectivity index (χ1v) is 5.66. The molecule has 0 unspecified atom stereocenters. The fourth-order valence-electron chi connectivity index (χ4n) is 1.48. The van der Waals surface area contributed by atoms with Crippen LogP contribution in [0.4, 0.5) is 5.69 Å². The summed E-state index contributed by atoms with van der Waals surface area (Å²) in [5.74, 6) is 0. The second-order valence-corrected chi connectivity index (χ2v) is 4.21. The van der Waals surface area contributed by atoms with Gasteiger partial charge in [-0.1, -0.05) is 29.3 Å². The number of aryl methyl sites for hydroxylation is 1. The van der Waals surface area contributed by atoms with E-state index in [0.29, 0.717) is 0 Å². The molecule has 0 radical (unpaired) electrons. The van der Waals surface area contributed by atoms with E-state index in [-0.39, 0.29) is 0 Å². The predicted molar refractivity (Wildman–Crippen MR) is 72.8 cm³/mol. The monoisotopic (exact) mass is 215 g/mol. The number of benzene rings is 1. The van der Waals surface area contributed by atoms with Crippen molar-refractivity contribution in [2.75, 3.05) is 11.9 Å². The molecule has 0 bridgehead atoms. The zero-order valence-corrected chi connectivity index (χ0v) is 10.9. The van der Waals surface area contributed by atoms with Gasteiger partial charge in [-0.15, -0.1) is 0 Å². The highest BCUT2D eigenvalue weighted by atomic mass is 15.1. The molecule has 0 spiro atoms. The van der Waals surface area contributed by atoms with Gasteiger partial charge >= 0.3 is 0 Å². The van der Waals surface area contributed by atoms with Crippen LogP contribution in [0.1, 0.15) is 26.3 Å². The molecule has 0 heterocycles. The maximum atomic E-state index is 2.20. The van der Waals surface area contributed by atoms with Gasteiger partial charge in [0.15, 0.2) is 0 Å². The van der Waals surface area contributed by atoms with Crippen molar-refractivity contribution in [1.29, 1.82) is 0 Å². The molecule has 0 amide bonds. The summed E-state index contributed by atoms with van der Waals surface area (Å²) in [6, 6.07) is 8.58. The predicted octanol–water partition coefficient (Wildman–Crippen LogP) is 4.30. The summed E-state index contributed by atoms with van der Waals surface area (Å²) in [7, 11) is 2.10. The fourth-order valence-corrected chi connectivity index (χ4v) is 1.48. The molecule has 0 aliphatic rings. The van der Waals surface area contributed by atoms with Gasteiger partial charge in [0.1, 0.15) is 0 Å². The van der Waals surface area contributed by atoms with Crippen molar-refractivity contribution in [3.8, 4) is 0 Å². The van der Waals surface area contributed by atoms with E-state index in [4.69, 9.17) is 0 Å². The Bertz CT molecular complexity index is 396. The Morgan fingerprint density at radius 2 is 1.69 bits per heavy atom. The molecule has 1 nitrogen and oxygen atoms in total. The van der Waals surface area contributed by atoms with E-state index in [1.54, 1.807) is 0 Å². The van der Waals surface area contributed by atoms with Gasteiger partial charge in [-0.25, -0.2) is 0 Å². The molecule has 16 heavy (non-hydrogen) atoms. The lowest BCUT2D eigenvalue weighted by Gasteiger charge is -2.20. The highest BCUT2D eigenvalue weighted by Gasteiger charge is 2.01.